The third-order valence-electron chi connectivity index (χ3n) is 6.46. The van der Waals surface area contributed by atoms with Crippen molar-refractivity contribution < 1.29 is 4.79 Å². The number of hydrogen-bond donors (Lipinski definition) is 2. The van der Waals surface area contributed by atoms with Crippen LogP contribution in [0.4, 0.5) is 11.6 Å². The van der Waals surface area contributed by atoms with Gasteiger partial charge in [0.1, 0.15) is 29.2 Å². The molecular weight excluding hydrogens is 454 g/mol. The highest BCUT2D eigenvalue weighted by Crippen LogP contribution is 2.40. The number of aryl methyl sites for hydroxylation is 1. The van der Waals surface area contributed by atoms with Crippen LogP contribution in [0.2, 0.25) is 0 Å². The number of pyridine rings is 2. The van der Waals surface area contributed by atoms with Crippen molar-refractivity contribution in [3.8, 4) is 16.8 Å². The number of aromatic nitrogens is 5. The van der Waals surface area contributed by atoms with Gasteiger partial charge in [0.25, 0.3) is 11.5 Å². The second-order valence-electron chi connectivity index (χ2n) is 8.97. The maximum absolute atomic E-state index is 13.2. The van der Waals surface area contributed by atoms with Crippen molar-refractivity contribution in [2.24, 2.45) is 7.05 Å². The van der Waals surface area contributed by atoms with E-state index in [1.165, 1.54) is 6.33 Å². The average Bonchev–Trinajstić information content (AvgIpc) is 3.69. The van der Waals surface area contributed by atoms with Crippen molar-refractivity contribution in [2.45, 2.75) is 18.8 Å². The molecule has 9 nitrogen and oxygen atoms in total. The molecular formula is C27H23N7O2. The van der Waals surface area contributed by atoms with Crippen LogP contribution < -0.4 is 16.6 Å². The predicted molar refractivity (Wildman–Crippen MR) is 138 cm³/mol. The monoisotopic (exact) mass is 477 g/mol. The predicted octanol–water partition coefficient (Wildman–Crippen LogP) is 3.89. The van der Waals surface area contributed by atoms with Gasteiger partial charge in [-0.05, 0) is 54.7 Å². The van der Waals surface area contributed by atoms with Gasteiger partial charge < -0.3 is 15.6 Å². The number of anilines is 2. The Labute approximate surface area is 206 Å². The Morgan fingerprint density at radius 3 is 2.58 bits per heavy atom. The Balaban J connectivity index is 1.32. The fourth-order valence-electron chi connectivity index (χ4n) is 4.45. The lowest BCUT2D eigenvalue weighted by atomic mass is 10.1. The molecule has 0 radical (unpaired) electrons. The molecule has 0 aliphatic heterocycles. The maximum atomic E-state index is 13.2. The van der Waals surface area contributed by atoms with Gasteiger partial charge >= 0.3 is 0 Å². The highest BCUT2D eigenvalue weighted by molar-refractivity contribution is 6.04. The number of hydrogen-bond acceptors (Lipinski definition) is 6. The number of rotatable bonds is 5. The molecule has 1 aromatic carbocycles. The van der Waals surface area contributed by atoms with Gasteiger partial charge in [-0.15, -0.1) is 0 Å². The first kappa shape index (κ1) is 21.7. The molecule has 0 spiro atoms. The van der Waals surface area contributed by atoms with Gasteiger partial charge in [0.05, 0.1) is 5.39 Å². The van der Waals surface area contributed by atoms with E-state index in [4.69, 9.17) is 5.73 Å². The number of carbonyl (C=O) groups is 1. The Bertz CT molecular complexity index is 1670. The summed E-state index contributed by atoms with van der Waals surface area (Å²) in [6.45, 7) is 0. The normalized spacial score (nSPS) is 13.1. The standard InChI is InChI=1S/C27H23N7O2/c1-33-14-21(23-24(28)30-15-31-25(23)33)17-9-10-22(29-12-17)32-26(35)20-11-18(16-7-8-16)13-34(27(20)36)19-5-3-2-4-6-19/h2-6,9-16H,7-8H2,1H3,(H2,28,30,31)(H,29,32,35). The molecule has 1 amide bonds. The number of para-hydroxylation sites is 1. The number of nitrogens with two attached hydrogens (primary N) is 1. The molecule has 3 N–H and O–H groups in total. The summed E-state index contributed by atoms with van der Waals surface area (Å²) in [5.74, 6) is 0.616. The zero-order valence-corrected chi connectivity index (χ0v) is 19.5. The summed E-state index contributed by atoms with van der Waals surface area (Å²) in [4.78, 5) is 39.3. The molecule has 1 saturated carbocycles. The van der Waals surface area contributed by atoms with Crippen molar-refractivity contribution in [2.75, 3.05) is 11.1 Å². The van der Waals surface area contributed by atoms with Crippen LogP contribution in [0.1, 0.15) is 34.7 Å². The van der Waals surface area contributed by atoms with E-state index < -0.39 is 5.91 Å². The molecule has 0 unspecified atom stereocenters. The van der Waals surface area contributed by atoms with Crippen molar-refractivity contribution in [1.82, 2.24) is 24.1 Å². The summed E-state index contributed by atoms with van der Waals surface area (Å²) in [6, 6.07) is 14.6. The first-order valence-electron chi connectivity index (χ1n) is 11.6. The van der Waals surface area contributed by atoms with Crippen LogP contribution in [-0.2, 0) is 7.05 Å². The number of fused-ring (bicyclic) bond motifs is 1. The molecule has 5 aromatic rings. The smallest absolute Gasteiger partial charge is 0.267 e. The lowest BCUT2D eigenvalue weighted by molar-refractivity contribution is 0.102. The molecule has 9 heteroatoms. The summed E-state index contributed by atoms with van der Waals surface area (Å²) < 4.78 is 3.43. The molecule has 4 heterocycles. The number of benzene rings is 1. The molecule has 1 fully saturated rings. The van der Waals surface area contributed by atoms with E-state index in [2.05, 4.69) is 20.3 Å². The van der Waals surface area contributed by atoms with Crippen LogP contribution in [0.25, 0.3) is 27.8 Å². The van der Waals surface area contributed by atoms with Gasteiger partial charge in [0, 0.05) is 42.5 Å². The topological polar surface area (TPSA) is 121 Å². The number of amides is 1. The summed E-state index contributed by atoms with van der Waals surface area (Å²) >= 11 is 0. The minimum absolute atomic E-state index is 0.0908. The van der Waals surface area contributed by atoms with Crippen LogP contribution in [0, 0.1) is 0 Å². The third kappa shape index (κ3) is 3.80. The molecule has 0 saturated heterocycles. The van der Waals surface area contributed by atoms with E-state index in [1.54, 1.807) is 22.9 Å². The van der Waals surface area contributed by atoms with Crippen LogP contribution in [0.15, 0.2) is 78.2 Å². The summed E-state index contributed by atoms with van der Waals surface area (Å²) in [5.41, 5.74) is 9.91. The number of carbonyl (C=O) groups excluding carboxylic acids is 1. The first-order valence-corrected chi connectivity index (χ1v) is 11.6. The maximum Gasteiger partial charge on any atom is 0.267 e. The minimum atomic E-state index is -0.491. The minimum Gasteiger partial charge on any atom is -0.383 e. The van der Waals surface area contributed by atoms with E-state index in [0.29, 0.717) is 17.6 Å². The molecule has 36 heavy (non-hydrogen) atoms. The molecule has 6 rings (SSSR count). The summed E-state index contributed by atoms with van der Waals surface area (Å²) in [6.07, 6.45) is 8.96. The quantitative estimate of drug-likeness (QED) is 0.396. The molecule has 0 bridgehead atoms. The van der Waals surface area contributed by atoms with Crippen LogP contribution in [0.5, 0.6) is 0 Å². The lowest BCUT2D eigenvalue weighted by Gasteiger charge is -2.12. The average molecular weight is 478 g/mol. The van der Waals surface area contributed by atoms with Gasteiger partial charge in [-0.1, -0.05) is 18.2 Å². The SMILES string of the molecule is Cn1cc(-c2ccc(NC(=O)c3cc(C4CC4)cn(-c4ccccc4)c3=O)nc2)c2c(N)ncnc21. The summed E-state index contributed by atoms with van der Waals surface area (Å²) in [7, 11) is 1.89. The summed E-state index contributed by atoms with van der Waals surface area (Å²) in [5, 5.41) is 3.53. The molecule has 178 valence electrons. The molecule has 1 aliphatic carbocycles. The third-order valence-corrected chi connectivity index (χ3v) is 6.46. The van der Waals surface area contributed by atoms with Gasteiger partial charge in [-0.25, -0.2) is 15.0 Å². The van der Waals surface area contributed by atoms with Gasteiger partial charge in [0.2, 0.25) is 0 Å². The van der Waals surface area contributed by atoms with Gasteiger partial charge in [0.15, 0.2) is 0 Å². The fourth-order valence-corrected chi connectivity index (χ4v) is 4.45. The van der Waals surface area contributed by atoms with Crippen LogP contribution in [0.3, 0.4) is 0 Å². The number of nitrogen functional groups attached to an aromatic ring is 1. The number of nitrogens with one attached hydrogen (secondary N) is 1. The second kappa shape index (κ2) is 8.46. The molecule has 0 atom stereocenters. The van der Waals surface area contributed by atoms with Crippen molar-refractivity contribution in [3.63, 3.8) is 0 Å². The molecule has 1 aliphatic rings. The largest absolute Gasteiger partial charge is 0.383 e. The van der Waals surface area contributed by atoms with Crippen molar-refractivity contribution in [3.05, 3.63) is 94.9 Å². The highest BCUT2D eigenvalue weighted by Gasteiger charge is 2.27. The van der Waals surface area contributed by atoms with Gasteiger partial charge in [-0.3, -0.25) is 14.2 Å². The van der Waals surface area contributed by atoms with Crippen molar-refractivity contribution in [1.29, 1.82) is 0 Å². The Hall–Kier alpha value is -4.79. The first-order chi connectivity index (χ1) is 17.5. The van der Waals surface area contributed by atoms with E-state index in [-0.39, 0.29) is 11.1 Å². The zero-order chi connectivity index (χ0) is 24.8. The lowest BCUT2D eigenvalue weighted by Crippen LogP contribution is -2.29. The van der Waals surface area contributed by atoms with Crippen LogP contribution >= 0.6 is 0 Å². The van der Waals surface area contributed by atoms with E-state index in [9.17, 15) is 9.59 Å². The van der Waals surface area contributed by atoms with Crippen molar-refractivity contribution >= 4 is 28.6 Å². The van der Waals surface area contributed by atoms with Crippen LogP contribution in [-0.4, -0.2) is 30.0 Å². The second-order valence-corrected chi connectivity index (χ2v) is 8.97. The van der Waals surface area contributed by atoms with E-state index in [0.717, 1.165) is 46.3 Å². The van der Waals surface area contributed by atoms with Gasteiger partial charge in [-0.2, -0.15) is 0 Å². The van der Waals surface area contributed by atoms with E-state index >= 15 is 0 Å². The molecule has 4 aromatic heterocycles. The highest BCUT2D eigenvalue weighted by atomic mass is 16.2. The Kier molecular flexibility index (Phi) is 5.10. The Morgan fingerprint density at radius 2 is 1.86 bits per heavy atom. The van der Waals surface area contributed by atoms with E-state index in [1.807, 2.05) is 60.4 Å². The fraction of sp³-hybridized carbons (Fsp3) is 0.148. The zero-order valence-electron chi connectivity index (χ0n) is 19.5. The number of nitrogens with zero attached hydrogens (tertiary/aromatic N) is 5. The Morgan fingerprint density at radius 1 is 1.06 bits per heavy atom.